The van der Waals surface area contributed by atoms with Gasteiger partial charge in [0.2, 0.25) is 0 Å². The summed E-state index contributed by atoms with van der Waals surface area (Å²) in [6.45, 7) is 3.00. The second kappa shape index (κ2) is 7.84. The fourth-order valence-electron chi connectivity index (χ4n) is 3.32. The number of hydrogen-bond donors (Lipinski definition) is 1. The predicted molar refractivity (Wildman–Crippen MR) is 97.6 cm³/mol. The van der Waals surface area contributed by atoms with Gasteiger partial charge in [-0.3, -0.25) is 5.14 Å². The smallest absolute Gasteiger partial charge is 0.141 e. The van der Waals surface area contributed by atoms with Gasteiger partial charge in [0.05, 0.1) is 12.3 Å². The summed E-state index contributed by atoms with van der Waals surface area (Å²) in [6.07, 6.45) is 8.92. The molecule has 1 saturated carbocycles. The van der Waals surface area contributed by atoms with Gasteiger partial charge in [0.25, 0.3) is 0 Å². The Morgan fingerprint density at radius 3 is 2.86 bits per heavy atom. The quantitative estimate of drug-likeness (QED) is 0.583. The number of anilines is 1. The summed E-state index contributed by atoms with van der Waals surface area (Å²) in [6, 6.07) is 7.16. The molecule has 1 aromatic carbocycles. The third-order valence-electron chi connectivity index (χ3n) is 4.51. The molecule has 5 heteroatoms. The van der Waals surface area contributed by atoms with E-state index < -0.39 is 0 Å². The van der Waals surface area contributed by atoms with E-state index in [1.165, 1.54) is 61.1 Å². The average Bonchev–Trinajstić information content (AvgIpc) is 2.93. The zero-order valence-electron chi connectivity index (χ0n) is 13.3. The van der Waals surface area contributed by atoms with E-state index in [2.05, 4.69) is 30.0 Å². The van der Waals surface area contributed by atoms with Crippen LogP contribution in [0.1, 0.15) is 51.9 Å². The second-order valence-corrected chi connectivity index (χ2v) is 8.23. The highest BCUT2D eigenvalue weighted by molar-refractivity contribution is 8.16. The molecule has 1 aromatic rings. The van der Waals surface area contributed by atoms with E-state index in [0.29, 0.717) is 10.7 Å². The first-order valence-electron chi connectivity index (χ1n) is 8.41. The van der Waals surface area contributed by atoms with Gasteiger partial charge in [-0.1, -0.05) is 44.4 Å². The summed E-state index contributed by atoms with van der Waals surface area (Å²) < 4.78 is 6.21. The molecule has 0 radical (unpaired) electrons. The Balaban J connectivity index is 1.79. The average molecular weight is 339 g/mol. The van der Waals surface area contributed by atoms with E-state index in [1.807, 2.05) is 11.8 Å². The van der Waals surface area contributed by atoms with E-state index in [1.54, 1.807) is 0 Å². The maximum atomic E-state index is 5.97. The van der Waals surface area contributed by atoms with Crippen molar-refractivity contribution in [3.8, 4) is 5.75 Å². The number of fused-ring (bicyclic) bond motifs is 1. The van der Waals surface area contributed by atoms with Crippen LogP contribution in [0, 0.1) is 0 Å². The van der Waals surface area contributed by atoms with E-state index in [0.717, 1.165) is 18.8 Å². The van der Waals surface area contributed by atoms with Crippen molar-refractivity contribution in [2.75, 3.05) is 11.5 Å². The number of nitrogens with two attached hydrogens (primary N) is 1. The molecule has 0 bridgehead atoms. The van der Waals surface area contributed by atoms with Crippen molar-refractivity contribution in [2.45, 2.75) is 67.5 Å². The Kier molecular flexibility index (Phi) is 5.83. The van der Waals surface area contributed by atoms with Crippen molar-refractivity contribution in [3.63, 3.8) is 0 Å². The number of benzene rings is 1. The van der Waals surface area contributed by atoms with Crippen LogP contribution in [0.5, 0.6) is 5.75 Å². The first-order chi connectivity index (χ1) is 10.8. The third-order valence-corrected chi connectivity index (χ3v) is 6.62. The first kappa shape index (κ1) is 16.3. The minimum absolute atomic E-state index is 0.309. The molecule has 3 nitrogen and oxygen atoms in total. The number of thioether (sulfide) groups is 1. The molecule has 1 aliphatic carbocycles. The van der Waals surface area contributed by atoms with Crippen LogP contribution in [0.4, 0.5) is 5.69 Å². The lowest BCUT2D eigenvalue weighted by Gasteiger charge is -2.36. The normalized spacial score (nSPS) is 21.9. The molecule has 1 unspecified atom stereocenters. The third kappa shape index (κ3) is 3.52. The van der Waals surface area contributed by atoms with Crippen LogP contribution >= 0.6 is 23.7 Å². The van der Waals surface area contributed by atoms with Crippen molar-refractivity contribution in [2.24, 2.45) is 5.14 Å². The number of ether oxygens (including phenoxy) is 1. The molecule has 1 aliphatic heterocycles. The van der Waals surface area contributed by atoms with Gasteiger partial charge >= 0.3 is 0 Å². The summed E-state index contributed by atoms with van der Waals surface area (Å²) in [4.78, 5) is 3.90. The van der Waals surface area contributed by atoms with Crippen molar-refractivity contribution < 1.29 is 4.74 Å². The molecule has 1 fully saturated rings. The largest absolute Gasteiger partial charge is 0.494 e. The lowest BCUT2D eigenvalue weighted by molar-refractivity contribution is 0.309. The highest BCUT2D eigenvalue weighted by atomic mass is 32.2. The van der Waals surface area contributed by atoms with Gasteiger partial charge in [-0.2, -0.15) is 0 Å². The van der Waals surface area contributed by atoms with Gasteiger partial charge in [0, 0.05) is 17.0 Å². The fourth-order valence-corrected chi connectivity index (χ4v) is 5.32. The molecule has 122 valence electrons. The van der Waals surface area contributed by atoms with E-state index >= 15 is 0 Å². The maximum Gasteiger partial charge on any atom is 0.141 e. The molecule has 2 N–H and O–H groups in total. The van der Waals surface area contributed by atoms with Gasteiger partial charge in [-0.05, 0) is 43.3 Å². The lowest BCUT2D eigenvalue weighted by Crippen LogP contribution is -2.39. The van der Waals surface area contributed by atoms with Crippen LogP contribution in [0.3, 0.4) is 0 Å². The van der Waals surface area contributed by atoms with Gasteiger partial charge < -0.3 is 9.64 Å². The molecule has 1 atom stereocenters. The van der Waals surface area contributed by atoms with Crippen LogP contribution in [0.2, 0.25) is 0 Å². The topological polar surface area (TPSA) is 38.5 Å². The number of nitrogens with zero attached hydrogens (tertiary/aromatic N) is 1. The summed E-state index contributed by atoms with van der Waals surface area (Å²) in [5.74, 6) is 0.997. The summed E-state index contributed by atoms with van der Waals surface area (Å²) in [5, 5.41) is 5.97. The molecular formula is C17H26N2OS2. The highest BCUT2D eigenvalue weighted by Gasteiger charge is 2.35. The molecule has 0 saturated heterocycles. The molecule has 1 heterocycles. The van der Waals surface area contributed by atoms with Crippen LogP contribution in [-0.2, 0) is 0 Å². The molecule has 22 heavy (non-hydrogen) atoms. The second-order valence-electron chi connectivity index (χ2n) is 6.09. The fraction of sp³-hybridized carbons (Fsp3) is 0.647. The number of hydrogen-bond acceptors (Lipinski definition) is 5. The lowest BCUT2D eigenvalue weighted by atomic mass is 9.94. The zero-order valence-corrected chi connectivity index (χ0v) is 14.9. The van der Waals surface area contributed by atoms with Crippen molar-refractivity contribution in [3.05, 3.63) is 18.2 Å². The Hall–Kier alpha value is -0.520. The number of unbranched alkanes of at least 4 members (excludes halogenated alkanes) is 1. The van der Waals surface area contributed by atoms with Crippen LogP contribution in [0.25, 0.3) is 0 Å². The standard InChI is InChI=1S/C17H26N2OS2/c1-2-3-11-20-14-9-10-16-15(12-14)19(17(21-16)22-18)13-7-5-4-6-8-13/h9-10,12-13,17H,2-8,11,18H2,1H3. The van der Waals surface area contributed by atoms with Gasteiger partial charge in [-0.25, -0.2) is 0 Å². The highest BCUT2D eigenvalue weighted by Crippen LogP contribution is 2.50. The van der Waals surface area contributed by atoms with E-state index in [9.17, 15) is 0 Å². The first-order valence-corrected chi connectivity index (χ1v) is 10.2. The van der Waals surface area contributed by atoms with Gasteiger partial charge in [0.15, 0.2) is 0 Å². The minimum Gasteiger partial charge on any atom is -0.494 e. The van der Waals surface area contributed by atoms with Crippen LogP contribution < -0.4 is 14.8 Å². The van der Waals surface area contributed by atoms with Crippen LogP contribution in [0.15, 0.2) is 23.1 Å². The molecule has 3 rings (SSSR count). The molecule has 0 amide bonds. The Morgan fingerprint density at radius 1 is 1.32 bits per heavy atom. The molecule has 0 aromatic heterocycles. The zero-order chi connectivity index (χ0) is 15.4. The van der Waals surface area contributed by atoms with Crippen LogP contribution in [-0.4, -0.2) is 17.4 Å². The SMILES string of the molecule is CCCCOc1ccc2c(c1)N(C1CCCCC1)C(SN)S2. The van der Waals surface area contributed by atoms with Crippen molar-refractivity contribution in [1.82, 2.24) is 0 Å². The van der Waals surface area contributed by atoms with Gasteiger partial charge in [0.1, 0.15) is 10.5 Å². The maximum absolute atomic E-state index is 5.97. The summed E-state index contributed by atoms with van der Waals surface area (Å²) in [7, 11) is 0. The number of rotatable bonds is 6. The summed E-state index contributed by atoms with van der Waals surface area (Å²) >= 11 is 3.35. The monoisotopic (exact) mass is 338 g/mol. The molecule has 2 aliphatic rings. The van der Waals surface area contributed by atoms with Crippen molar-refractivity contribution >= 4 is 29.4 Å². The van der Waals surface area contributed by atoms with E-state index in [-0.39, 0.29) is 0 Å². The Morgan fingerprint density at radius 2 is 2.14 bits per heavy atom. The van der Waals surface area contributed by atoms with E-state index in [4.69, 9.17) is 9.88 Å². The molecular weight excluding hydrogens is 312 g/mol. The van der Waals surface area contributed by atoms with Gasteiger partial charge in [-0.15, -0.1) is 0 Å². The van der Waals surface area contributed by atoms with Crippen molar-refractivity contribution in [1.29, 1.82) is 0 Å². The summed E-state index contributed by atoms with van der Waals surface area (Å²) in [5.41, 5.74) is 1.33. The Labute approximate surface area is 142 Å². The predicted octanol–water partition coefficient (Wildman–Crippen LogP) is 5.00. The molecule has 0 spiro atoms. The minimum atomic E-state index is 0.309. The Bertz CT molecular complexity index is 492.